The van der Waals surface area contributed by atoms with Crippen molar-refractivity contribution in [3.05, 3.63) is 87.4 Å². The maximum atomic E-state index is 15.2. The van der Waals surface area contributed by atoms with E-state index in [0.717, 1.165) is 10.6 Å². The van der Waals surface area contributed by atoms with E-state index in [-0.39, 0.29) is 75.7 Å². The molecule has 11 nitrogen and oxygen atoms in total. The number of nitrogens with zero attached hydrogens (tertiary/aromatic N) is 5. The van der Waals surface area contributed by atoms with Crippen LogP contribution in [0.1, 0.15) is 35.7 Å². The predicted octanol–water partition coefficient (Wildman–Crippen LogP) is 4.55. The molecule has 0 unspecified atom stereocenters. The van der Waals surface area contributed by atoms with Crippen molar-refractivity contribution in [3.8, 4) is 22.7 Å². The van der Waals surface area contributed by atoms with Crippen LogP contribution in [-0.4, -0.2) is 75.2 Å². The third-order valence-corrected chi connectivity index (χ3v) is 8.82. The van der Waals surface area contributed by atoms with Gasteiger partial charge in [0, 0.05) is 25.5 Å². The molecule has 6 rings (SSSR count). The smallest absolute Gasteiger partial charge is 0.337 e. The average molecular weight is 646 g/mol. The summed E-state index contributed by atoms with van der Waals surface area (Å²) in [6.07, 6.45) is 1.17. The molecule has 236 valence electrons. The molecule has 13 heteroatoms. The summed E-state index contributed by atoms with van der Waals surface area (Å²) in [4.78, 5) is 62.8. The number of fused-ring (bicyclic) bond motifs is 5. The lowest BCUT2D eigenvalue weighted by Gasteiger charge is -2.47. The third kappa shape index (κ3) is 4.59. The van der Waals surface area contributed by atoms with E-state index in [9.17, 15) is 29.4 Å². The number of pyridine rings is 2. The van der Waals surface area contributed by atoms with Gasteiger partial charge in [0.15, 0.2) is 0 Å². The molecule has 2 aromatic carbocycles. The van der Waals surface area contributed by atoms with Gasteiger partial charge in [-0.2, -0.15) is 0 Å². The molecule has 2 aliphatic heterocycles. The number of carbonyl (C=O) groups is 3. The number of amides is 2. The van der Waals surface area contributed by atoms with Crippen LogP contribution in [0.15, 0.2) is 59.9 Å². The van der Waals surface area contributed by atoms with Crippen molar-refractivity contribution in [1.29, 1.82) is 0 Å². The molecule has 0 spiro atoms. The number of phenolic OH excluding ortho intramolecular Hbond substituents is 1. The fraction of sp³-hybridized carbons (Fsp3) is 0.242. The summed E-state index contributed by atoms with van der Waals surface area (Å²) in [6, 6.07) is 8.96. The summed E-state index contributed by atoms with van der Waals surface area (Å²) in [5.41, 5.74) is -0.652. The van der Waals surface area contributed by atoms with Gasteiger partial charge in [-0.25, -0.2) is 14.2 Å². The first-order valence-corrected chi connectivity index (χ1v) is 14.8. The first-order chi connectivity index (χ1) is 21.9. The van der Waals surface area contributed by atoms with Crippen LogP contribution in [0.25, 0.3) is 28.0 Å². The highest BCUT2D eigenvalue weighted by molar-refractivity contribution is 6.34. The van der Waals surface area contributed by atoms with Gasteiger partial charge in [0.25, 0.3) is 11.5 Å². The van der Waals surface area contributed by atoms with Gasteiger partial charge in [0.2, 0.25) is 5.91 Å². The highest BCUT2D eigenvalue weighted by Gasteiger charge is 2.44. The van der Waals surface area contributed by atoms with Gasteiger partial charge >= 0.3 is 5.97 Å². The van der Waals surface area contributed by atoms with Gasteiger partial charge in [-0.3, -0.25) is 19.0 Å². The van der Waals surface area contributed by atoms with E-state index in [2.05, 4.69) is 11.6 Å². The van der Waals surface area contributed by atoms with Gasteiger partial charge in [0.05, 0.1) is 39.8 Å². The molecule has 0 bridgehead atoms. The van der Waals surface area contributed by atoms with E-state index < -0.39 is 35.0 Å². The summed E-state index contributed by atoms with van der Waals surface area (Å²) in [5.74, 6) is -3.60. The van der Waals surface area contributed by atoms with Gasteiger partial charge < -0.3 is 24.9 Å². The van der Waals surface area contributed by atoms with Crippen LogP contribution in [0.3, 0.4) is 0 Å². The molecule has 4 heterocycles. The topological polar surface area (TPSA) is 136 Å². The number of carboxylic acid groups (broad SMARTS) is 1. The van der Waals surface area contributed by atoms with E-state index in [1.165, 1.54) is 47.2 Å². The molecule has 2 amide bonds. The highest BCUT2D eigenvalue weighted by atomic mass is 35.5. The van der Waals surface area contributed by atoms with Crippen LogP contribution in [0, 0.1) is 5.82 Å². The molecule has 46 heavy (non-hydrogen) atoms. The largest absolute Gasteiger partial charge is 0.507 e. The Bertz CT molecular complexity index is 2040. The quantitative estimate of drug-likeness (QED) is 0.302. The van der Waals surface area contributed by atoms with Gasteiger partial charge in [0.1, 0.15) is 28.9 Å². The number of aromatic nitrogens is 2. The molecule has 2 aromatic heterocycles. The fourth-order valence-electron chi connectivity index (χ4n) is 6.35. The van der Waals surface area contributed by atoms with Crippen molar-refractivity contribution in [3.63, 3.8) is 0 Å². The second kappa shape index (κ2) is 11.3. The number of phenols is 1. The number of aromatic carboxylic acids is 1. The van der Waals surface area contributed by atoms with Crippen LogP contribution in [0.2, 0.25) is 5.02 Å². The highest BCUT2D eigenvalue weighted by Crippen LogP contribution is 2.44. The summed E-state index contributed by atoms with van der Waals surface area (Å²) in [6.45, 7) is 7.65. The molecule has 0 radical (unpaired) electrons. The Balaban J connectivity index is 1.78. The minimum atomic E-state index is -1.30. The van der Waals surface area contributed by atoms with E-state index in [4.69, 9.17) is 11.6 Å². The maximum absolute atomic E-state index is 15.2. The SMILES string of the molecule is C=CC(=O)N1CCN2c3c(c(=O)n(-c4c(C(=O)O)cccc4C(C)C)c4nc(-c5c(O)cccc5F)c(Cl)cc34)N(C)C(=O)[C@H]2C1. The van der Waals surface area contributed by atoms with Crippen molar-refractivity contribution in [1.82, 2.24) is 14.5 Å². The minimum absolute atomic E-state index is 0.0275. The van der Waals surface area contributed by atoms with Gasteiger partial charge in [-0.1, -0.05) is 50.2 Å². The lowest BCUT2D eigenvalue weighted by molar-refractivity contribution is -0.128. The number of para-hydroxylation sites is 1. The van der Waals surface area contributed by atoms with Crippen molar-refractivity contribution < 1.29 is 29.0 Å². The van der Waals surface area contributed by atoms with E-state index in [1.807, 2.05) is 13.8 Å². The standard InChI is InChI=1S/C33H29ClFN5O6/c1-5-24(42)38-12-13-39-22(15-38)31(43)37(4)29-28(39)19-14-20(34)26(25-21(35)10-7-11-23(25)41)36-30(19)40(32(29)44)27-17(16(2)3)8-6-9-18(27)33(45)46/h5-11,14,16,22,41H,1,12-13,15H2,2-4H3,(H,45,46)/t22-/m1/s1. The molecule has 2 N–H and O–H groups in total. The Hall–Kier alpha value is -5.23. The van der Waals surface area contributed by atoms with Crippen LogP contribution in [0.5, 0.6) is 5.75 Å². The Morgan fingerprint density at radius 1 is 1.11 bits per heavy atom. The van der Waals surface area contributed by atoms with Gasteiger partial charge in [-0.15, -0.1) is 0 Å². The number of piperazine rings is 1. The Morgan fingerprint density at radius 3 is 2.48 bits per heavy atom. The molecule has 1 fully saturated rings. The van der Waals surface area contributed by atoms with Gasteiger partial charge in [-0.05, 0) is 41.8 Å². The van der Waals surface area contributed by atoms with Crippen molar-refractivity contribution in [2.24, 2.45) is 0 Å². The number of aromatic hydroxyl groups is 1. The molecule has 1 atom stereocenters. The Kier molecular flexibility index (Phi) is 7.55. The number of rotatable bonds is 5. The number of hydrogen-bond acceptors (Lipinski definition) is 7. The first kappa shape index (κ1) is 30.8. The molecular weight excluding hydrogens is 617 g/mol. The van der Waals surface area contributed by atoms with Crippen LogP contribution >= 0.6 is 11.6 Å². The number of hydrogen-bond donors (Lipinski definition) is 2. The van der Waals surface area contributed by atoms with Crippen LogP contribution in [-0.2, 0) is 9.59 Å². The summed E-state index contributed by atoms with van der Waals surface area (Å²) in [7, 11) is 1.44. The summed E-state index contributed by atoms with van der Waals surface area (Å²) >= 11 is 6.76. The van der Waals surface area contributed by atoms with Crippen molar-refractivity contribution in [2.45, 2.75) is 25.8 Å². The molecule has 2 aliphatic rings. The molecule has 1 saturated heterocycles. The van der Waals surface area contributed by atoms with E-state index >= 15 is 4.39 Å². The first-order valence-electron chi connectivity index (χ1n) is 14.5. The second-order valence-corrected chi connectivity index (χ2v) is 11.9. The van der Waals surface area contributed by atoms with E-state index in [0.29, 0.717) is 11.3 Å². The molecule has 0 saturated carbocycles. The van der Waals surface area contributed by atoms with Crippen LogP contribution in [0.4, 0.5) is 15.8 Å². The zero-order valence-electron chi connectivity index (χ0n) is 25.1. The van der Waals surface area contributed by atoms with E-state index in [1.54, 1.807) is 17.0 Å². The second-order valence-electron chi connectivity index (χ2n) is 11.5. The average Bonchev–Trinajstić information content (AvgIpc) is 3.02. The zero-order valence-corrected chi connectivity index (χ0v) is 25.9. The maximum Gasteiger partial charge on any atom is 0.337 e. The number of carbonyl (C=O) groups excluding carboxylic acids is 2. The summed E-state index contributed by atoms with van der Waals surface area (Å²) < 4.78 is 16.3. The molecular formula is C33H29ClFN5O6. The zero-order chi connectivity index (χ0) is 33.2. The number of benzene rings is 2. The molecule has 0 aliphatic carbocycles. The molecule has 4 aromatic rings. The normalized spacial score (nSPS) is 16.1. The fourth-order valence-corrected chi connectivity index (χ4v) is 6.60. The summed E-state index contributed by atoms with van der Waals surface area (Å²) in [5, 5.41) is 21.1. The Labute approximate surface area is 267 Å². The number of carboxylic acids is 1. The van der Waals surface area contributed by atoms with Crippen molar-refractivity contribution in [2.75, 3.05) is 36.5 Å². The monoisotopic (exact) mass is 645 g/mol. The Morgan fingerprint density at radius 2 is 1.83 bits per heavy atom. The number of likely N-dealkylation sites (N-methyl/N-ethyl adjacent to an activating group) is 1. The lowest BCUT2D eigenvalue weighted by Crippen LogP contribution is -2.63. The number of anilines is 2. The minimum Gasteiger partial charge on any atom is -0.507 e. The van der Waals surface area contributed by atoms with Crippen molar-refractivity contribution >= 4 is 51.8 Å². The van der Waals surface area contributed by atoms with Crippen LogP contribution < -0.4 is 15.4 Å². The predicted molar refractivity (Wildman–Crippen MR) is 172 cm³/mol. The lowest BCUT2D eigenvalue weighted by atomic mass is 9.96. The third-order valence-electron chi connectivity index (χ3n) is 8.53. The number of halogens is 2.